The van der Waals surface area contributed by atoms with Gasteiger partial charge in [0.1, 0.15) is 0 Å². The van der Waals surface area contributed by atoms with Crippen LogP contribution in [-0.2, 0) is 0 Å². The maximum Gasteiger partial charge on any atom is 0.319 e. The molecule has 1 aromatic rings. The van der Waals surface area contributed by atoms with E-state index in [9.17, 15) is 4.79 Å². The molecule has 25 heavy (non-hydrogen) atoms. The highest BCUT2D eigenvalue weighted by molar-refractivity contribution is 5.89. The third-order valence-electron chi connectivity index (χ3n) is 4.59. The Morgan fingerprint density at radius 2 is 2.20 bits per heavy atom. The maximum absolute atomic E-state index is 12.2. The molecular formula is C19H31N3O3. The molecule has 0 aromatic heterocycles. The molecule has 1 fully saturated rings. The Bertz CT molecular complexity index is 565. The maximum atomic E-state index is 12.2. The molecule has 0 saturated carbocycles. The Hall–Kier alpha value is -1.95. The lowest BCUT2D eigenvalue weighted by atomic mass is 9.99. The van der Waals surface area contributed by atoms with Crippen molar-refractivity contribution in [3.05, 3.63) is 18.2 Å². The van der Waals surface area contributed by atoms with Crippen LogP contribution in [0, 0.1) is 5.92 Å². The monoisotopic (exact) mass is 349 g/mol. The summed E-state index contributed by atoms with van der Waals surface area (Å²) in [4.78, 5) is 14.6. The largest absolute Gasteiger partial charge is 0.493 e. The fourth-order valence-corrected chi connectivity index (χ4v) is 3.19. The number of rotatable bonds is 7. The van der Waals surface area contributed by atoms with E-state index < -0.39 is 0 Å². The molecule has 2 atom stereocenters. The van der Waals surface area contributed by atoms with Crippen LogP contribution in [0.3, 0.4) is 0 Å². The lowest BCUT2D eigenvalue weighted by molar-refractivity contribution is 0.138. The molecule has 0 radical (unpaired) electrons. The predicted molar refractivity (Wildman–Crippen MR) is 101 cm³/mol. The molecule has 0 aliphatic carbocycles. The highest BCUT2D eigenvalue weighted by atomic mass is 16.5. The number of urea groups is 1. The number of anilines is 1. The summed E-state index contributed by atoms with van der Waals surface area (Å²) in [6, 6.07) is 5.50. The quantitative estimate of drug-likeness (QED) is 0.792. The molecule has 0 spiro atoms. The molecule has 2 rings (SSSR count). The van der Waals surface area contributed by atoms with Crippen LogP contribution in [0.2, 0.25) is 0 Å². The van der Waals surface area contributed by atoms with Crippen LogP contribution in [0.15, 0.2) is 18.2 Å². The summed E-state index contributed by atoms with van der Waals surface area (Å²) >= 11 is 0. The first-order valence-corrected chi connectivity index (χ1v) is 9.13. The van der Waals surface area contributed by atoms with Crippen LogP contribution in [0.25, 0.3) is 0 Å². The number of carbonyl (C=O) groups excluding carboxylic acids is 1. The van der Waals surface area contributed by atoms with E-state index in [0.717, 1.165) is 19.0 Å². The van der Waals surface area contributed by atoms with Gasteiger partial charge >= 0.3 is 6.03 Å². The smallest absolute Gasteiger partial charge is 0.319 e. The van der Waals surface area contributed by atoms with Crippen molar-refractivity contribution in [1.82, 2.24) is 10.2 Å². The SMILES string of the molecule is CCOc1cc(NC(=O)NCC(C)N2CCCC(C)C2)ccc1OC. The topological polar surface area (TPSA) is 62.8 Å². The average molecular weight is 349 g/mol. The second-order valence-electron chi connectivity index (χ2n) is 6.73. The number of ether oxygens (including phenoxy) is 2. The summed E-state index contributed by atoms with van der Waals surface area (Å²) in [5.41, 5.74) is 0.681. The lowest BCUT2D eigenvalue weighted by Gasteiger charge is -2.35. The van der Waals surface area contributed by atoms with Gasteiger partial charge in [-0.3, -0.25) is 4.90 Å². The number of hydrogen-bond acceptors (Lipinski definition) is 4. The molecule has 6 heteroatoms. The fraction of sp³-hybridized carbons (Fsp3) is 0.632. The van der Waals surface area contributed by atoms with Crippen molar-refractivity contribution in [3.63, 3.8) is 0 Å². The van der Waals surface area contributed by atoms with Crippen LogP contribution in [0.1, 0.15) is 33.6 Å². The van der Waals surface area contributed by atoms with Gasteiger partial charge in [0.25, 0.3) is 0 Å². The minimum absolute atomic E-state index is 0.204. The van der Waals surface area contributed by atoms with Crippen molar-refractivity contribution in [1.29, 1.82) is 0 Å². The zero-order chi connectivity index (χ0) is 18.2. The van der Waals surface area contributed by atoms with E-state index in [0.29, 0.717) is 36.4 Å². The number of benzene rings is 1. The van der Waals surface area contributed by atoms with Crippen LogP contribution in [-0.4, -0.2) is 50.3 Å². The average Bonchev–Trinajstić information content (AvgIpc) is 2.60. The molecule has 0 bridgehead atoms. The predicted octanol–water partition coefficient (Wildman–Crippen LogP) is 3.34. The molecule has 1 aliphatic rings. The van der Waals surface area contributed by atoms with Gasteiger partial charge in [0.05, 0.1) is 13.7 Å². The van der Waals surface area contributed by atoms with E-state index in [1.54, 1.807) is 25.3 Å². The zero-order valence-corrected chi connectivity index (χ0v) is 15.8. The number of nitrogens with zero attached hydrogens (tertiary/aromatic N) is 1. The van der Waals surface area contributed by atoms with Gasteiger partial charge < -0.3 is 20.1 Å². The second kappa shape index (κ2) is 9.51. The second-order valence-corrected chi connectivity index (χ2v) is 6.73. The van der Waals surface area contributed by atoms with Gasteiger partial charge in [-0.1, -0.05) is 6.92 Å². The highest BCUT2D eigenvalue weighted by Gasteiger charge is 2.21. The molecule has 2 unspecified atom stereocenters. The van der Waals surface area contributed by atoms with Crippen LogP contribution in [0.4, 0.5) is 10.5 Å². The first-order valence-electron chi connectivity index (χ1n) is 9.13. The first-order chi connectivity index (χ1) is 12.0. The summed E-state index contributed by atoms with van der Waals surface area (Å²) in [7, 11) is 1.60. The Labute approximate surface area is 150 Å². The van der Waals surface area contributed by atoms with Gasteiger partial charge in [-0.2, -0.15) is 0 Å². The number of methoxy groups -OCH3 is 1. The number of piperidine rings is 1. The van der Waals surface area contributed by atoms with Crippen molar-refractivity contribution < 1.29 is 14.3 Å². The van der Waals surface area contributed by atoms with Gasteiger partial charge in [-0.05, 0) is 51.3 Å². The van der Waals surface area contributed by atoms with E-state index in [1.165, 1.54) is 12.8 Å². The van der Waals surface area contributed by atoms with Gasteiger partial charge in [-0.15, -0.1) is 0 Å². The normalized spacial score (nSPS) is 19.1. The van der Waals surface area contributed by atoms with Crippen molar-refractivity contribution in [2.24, 2.45) is 5.92 Å². The van der Waals surface area contributed by atoms with E-state index >= 15 is 0 Å². The van der Waals surface area contributed by atoms with Crippen LogP contribution < -0.4 is 20.1 Å². The third kappa shape index (κ3) is 5.81. The van der Waals surface area contributed by atoms with E-state index in [4.69, 9.17) is 9.47 Å². The first kappa shape index (κ1) is 19.4. The number of hydrogen-bond donors (Lipinski definition) is 2. The van der Waals surface area contributed by atoms with Crippen LogP contribution >= 0.6 is 0 Å². The summed E-state index contributed by atoms with van der Waals surface area (Å²) in [5.74, 6) is 2.01. The van der Waals surface area contributed by atoms with E-state index in [2.05, 4.69) is 29.4 Å². The summed E-state index contributed by atoms with van der Waals surface area (Å²) in [5, 5.41) is 5.81. The van der Waals surface area contributed by atoms with Gasteiger partial charge in [-0.25, -0.2) is 4.79 Å². The van der Waals surface area contributed by atoms with Gasteiger partial charge in [0.15, 0.2) is 11.5 Å². The Kier molecular flexibility index (Phi) is 7.37. The fourth-order valence-electron chi connectivity index (χ4n) is 3.19. The van der Waals surface area contributed by atoms with Crippen molar-refractivity contribution in [2.45, 2.75) is 39.7 Å². The van der Waals surface area contributed by atoms with E-state index in [1.807, 2.05) is 6.92 Å². The number of nitrogens with one attached hydrogen (secondary N) is 2. The minimum Gasteiger partial charge on any atom is -0.493 e. The Morgan fingerprint density at radius 3 is 2.88 bits per heavy atom. The number of carbonyl (C=O) groups is 1. The standard InChI is InChI=1S/C19H31N3O3/c1-5-25-18-11-16(8-9-17(18)24-4)21-19(23)20-12-15(3)22-10-6-7-14(2)13-22/h8-9,11,14-15H,5-7,10,12-13H2,1-4H3,(H2,20,21,23). The molecule has 2 amide bonds. The Balaban J connectivity index is 1.84. The van der Waals surface area contributed by atoms with E-state index in [-0.39, 0.29) is 6.03 Å². The molecule has 140 valence electrons. The van der Waals surface area contributed by atoms with Crippen molar-refractivity contribution in [2.75, 3.05) is 38.7 Å². The summed E-state index contributed by atoms with van der Waals surface area (Å²) in [6.45, 7) is 9.77. The van der Waals surface area contributed by atoms with Crippen molar-refractivity contribution >= 4 is 11.7 Å². The summed E-state index contributed by atoms with van der Waals surface area (Å²) in [6.07, 6.45) is 2.54. The molecule has 2 N–H and O–H groups in total. The van der Waals surface area contributed by atoms with Crippen LogP contribution in [0.5, 0.6) is 11.5 Å². The molecular weight excluding hydrogens is 318 g/mol. The molecule has 1 heterocycles. The number of likely N-dealkylation sites (tertiary alicyclic amines) is 1. The molecule has 1 aliphatic heterocycles. The van der Waals surface area contributed by atoms with Gasteiger partial charge in [0.2, 0.25) is 0 Å². The number of amides is 2. The highest BCUT2D eigenvalue weighted by Crippen LogP contribution is 2.30. The zero-order valence-electron chi connectivity index (χ0n) is 15.8. The molecule has 1 saturated heterocycles. The van der Waals surface area contributed by atoms with Crippen molar-refractivity contribution in [3.8, 4) is 11.5 Å². The minimum atomic E-state index is -0.204. The Morgan fingerprint density at radius 1 is 1.40 bits per heavy atom. The molecule has 6 nitrogen and oxygen atoms in total. The lowest BCUT2D eigenvalue weighted by Crippen LogP contribution is -2.47. The van der Waals surface area contributed by atoms with Gasteiger partial charge in [0, 0.05) is 30.9 Å². The summed E-state index contributed by atoms with van der Waals surface area (Å²) < 4.78 is 10.8. The molecule has 1 aromatic carbocycles. The third-order valence-corrected chi connectivity index (χ3v) is 4.59.